The van der Waals surface area contributed by atoms with Crippen molar-refractivity contribution in [2.45, 2.75) is 69.6 Å². The number of carbonyl (C=O) groups is 1. The number of benzene rings is 1. The van der Waals surface area contributed by atoms with Crippen LogP contribution in [0.15, 0.2) is 53.7 Å². The molecule has 38 heavy (non-hydrogen) atoms. The predicted octanol–water partition coefficient (Wildman–Crippen LogP) is 4.42. The van der Waals surface area contributed by atoms with Crippen LogP contribution in [0.5, 0.6) is 0 Å². The Bertz CT molecular complexity index is 1610. The van der Waals surface area contributed by atoms with Crippen molar-refractivity contribution in [3.8, 4) is 0 Å². The Hall–Kier alpha value is -3.44. The average Bonchev–Trinajstić information content (AvgIpc) is 3.46. The van der Waals surface area contributed by atoms with Gasteiger partial charge in [-0.2, -0.15) is 0 Å². The summed E-state index contributed by atoms with van der Waals surface area (Å²) >= 11 is 0. The fraction of sp³-hybridized carbons (Fsp3) is 0.444. The minimum absolute atomic E-state index is 0.166. The van der Waals surface area contributed by atoms with Gasteiger partial charge in [0.15, 0.2) is 5.65 Å². The van der Waals surface area contributed by atoms with Crippen LogP contribution in [-0.2, 0) is 20.3 Å². The average molecular weight is 540 g/mol. The number of rotatable bonds is 4. The Balaban J connectivity index is 1.61. The van der Waals surface area contributed by atoms with Crippen molar-refractivity contribution in [3.05, 3.63) is 54.6 Å². The lowest BCUT2D eigenvalue weighted by Crippen LogP contribution is -2.48. The van der Waals surface area contributed by atoms with Crippen LogP contribution in [0, 0.1) is 0 Å². The number of hydrogen-bond acceptors (Lipinski definition) is 7. The van der Waals surface area contributed by atoms with E-state index in [2.05, 4.69) is 11.9 Å². The predicted molar refractivity (Wildman–Crippen MR) is 143 cm³/mol. The summed E-state index contributed by atoms with van der Waals surface area (Å²) in [7, 11) is -3.87. The minimum Gasteiger partial charge on any atom is -0.444 e. The first-order chi connectivity index (χ1) is 17.8. The summed E-state index contributed by atoms with van der Waals surface area (Å²) in [5, 5.41) is 11.3. The third kappa shape index (κ3) is 4.43. The summed E-state index contributed by atoms with van der Waals surface area (Å²) < 4.78 is 35.6. The van der Waals surface area contributed by atoms with E-state index in [9.17, 15) is 18.3 Å². The van der Waals surface area contributed by atoms with E-state index in [-0.39, 0.29) is 16.6 Å². The van der Waals surface area contributed by atoms with Gasteiger partial charge in [0.25, 0.3) is 10.0 Å². The molecule has 0 radical (unpaired) electrons. The maximum atomic E-state index is 13.4. The zero-order valence-electron chi connectivity index (χ0n) is 22.2. The van der Waals surface area contributed by atoms with E-state index in [0.29, 0.717) is 48.2 Å². The highest BCUT2D eigenvalue weighted by Gasteiger charge is 2.38. The number of fused-ring (bicyclic) bond motifs is 3. The first-order valence-corrected chi connectivity index (χ1v) is 14.1. The lowest BCUT2D eigenvalue weighted by molar-refractivity contribution is 0.0126. The van der Waals surface area contributed by atoms with Gasteiger partial charge in [0.2, 0.25) is 0 Å². The largest absolute Gasteiger partial charge is 0.444 e. The molecule has 4 heterocycles. The lowest BCUT2D eigenvalue weighted by atomic mass is 9.88. The number of piperidine rings is 1. The zero-order chi connectivity index (χ0) is 27.5. The number of amides is 1. The van der Waals surface area contributed by atoms with E-state index in [4.69, 9.17) is 9.72 Å². The van der Waals surface area contributed by atoms with E-state index in [0.717, 1.165) is 0 Å². The van der Waals surface area contributed by atoms with Gasteiger partial charge in [-0.3, -0.25) is 0 Å². The lowest BCUT2D eigenvalue weighted by Gasteiger charge is -2.42. The minimum atomic E-state index is -3.87. The molecule has 0 unspecified atom stereocenters. The van der Waals surface area contributed by atoms with Crippen LogP contribution in [0.4, 0.5) is 4.79 Å². The molecule has 1 saturated heterocycles. The molecule has 11 heteroatoms. The van der Waals surface area contributed by atoms with Crippen LogP contribution in [0.3, 0.4) is 0 Å². The second-order valence-electron chi connectivity index (χ2n) is 11.1. The number of carbonyl (C=O) groups excluding carboxylic acids is 1. The normalized spacial score (nSPS) is 17.2. The van der Waals surface area contributed by atoms with Crippen molar-refractivity contribution in [1.29, 1.82) is 0 Å². The van der Waals surface area contributed by atoms with Gasteiger partial charge in [-0.1, -0.05) is 18.2 Å². The summed E-state index contributed by atoms with van der Waals surface area (Å²) in [4.78, 5) is 23.7. The van der Waals surface area contributed by atoms with Gasteiger partial charge in [-0.15, -0.1) is 0 Å². The van der Waals surface area contributed by atoms with Crippen LogP contribution < -0.4 is 0 Å². The zero-order valence-corrected chi connectivity index (χ0v) is 23.1. The Labute approximate surface area is 221 Å². The first kappa shape index (κ1) is 26.2. The molecule has 3 aromatic heterocycles. The number of hydrogen-bond donors (Lipinski definition) is 1. The summed E-state index contributed by atoms with van der Waals surface area (Å²) in [6, 6.07) is 9.95. The van der Waals surface area contributed by atoms with Crippen LogP contribution >= 0.6 is 0 Å². The molecule has 1 aliphatic heterocycles. The van der Waals surface area contributed by atoms with Gasteiger partial charge < -0.3 is 19.3 Å². The maximum absolute atomic E-state index is 13.4. The second kappa shape index (κ2) is 9.09. The van der Waals surface area contributed by atoms with Gasteiger partial charge in [0.05, 0.1) is 16.6 Å². The first-order valence-electron chi connectivity index (χ1n) is 12.7. The molecule has 202 valence electrons. The molecular weight excluding hydrogens is 506 g/mol. The molecule has 4 aromatic rings. The van der Waals surface area contributed by atoms with Crippen LogP contribution in [0.1, 0.15) is 59.4 Å². The molecule has 0 bridgehead atoms. The quantitative estimate of drug-likeness (QED) is 0.408. The highest BCUT2D eigenvalue weighted by Crippen LogP contribution is 2.39. The van der Waals surface area contributed by atoms with E-state index in [1.165, 1.54) is 10.2 Å². The van der Waals surface area contributed by atoms with Crippen molar-refractivity contribution >= 4 is 38.2 Å². The molecule has 0 aliphatic carbocycles. The number of pyridine rings is 1. The van der Waals surface area contributed by atoms with E-state index >= 15 is 0 Å². The van der Waals surface area contributed by atoms with Crippen molar-refractivity contribution in [2.75, 3.05) is 13.1 Å². The van der Waals surface area contributed by atoms with Gasteiger partial charge in [-0.25, -0.2) is 27.2 Å². The Morgan fingerprint density at radius 2 is 1.79 bits per heavy atom. The Morgan fingerprint density at radius 1 is 1.13 bits per heavy atom. The van der Waals surface area contributed by atoms with Crippen molar-refractivity contribution in [3.63, 3.8) is 0 Å². The number of ether oxygens (including phenoxy) is 1. The molecule has 5 rings (SSSR count). The third-order valence-corrected chi connectivity index (χ3v) is 8.71. The maximum Gasteiger partial charge on any atom is 0.410 e. The van der Waals surface area contributed by atoms with Crippen molar-refractivity contribution < 1.29 is 23.1 Å². The van der Waals surface area contributed by atoms with Crippen molar-refractivity contribution in [2.24, 2.45) is 0 Å². The molecule has 10 nitrogen and oxygen atoms in total. The molecule has 1 aliphatic rings. The van der Waals surface area contributed by atoms with E-state index < -0.39 is 27.3 Å². The number of aliphatic hydroxyl groups is 1. The summed E-state index contributed by atoms with van der Waals surface area (Å²) in [6.45, 7) is 10.2. The third-order valence-electron chi connectivity index (χ3n) is 7.03. The SMILES string of the molecule is C[C@@H](O)c1nc2cnc3c(ccn3S(=O)(=O)c3ccccc3)c2n1C1(C)CCN(C(=O)OC(C)(C)C)CC1. The summed E-state index contributed by atoms with van der Waals surface area (Å²) in [6.07, 6.45) is 3.05. The molecule has 0 spiro atoms. The van der Waals surface area contributed by atoms with Gasteiger partial charge >= 0.3 is 6.09 Å². The molecule has 1 N–H and O–H groups in total. The molecule has 1 atom stereocenters. The summed E-state index contributed by atoms with van der Waals surface area (Å²) in [5.74, 6) is 0.473. The number of likely N-dealkylation sites (tertiary alicyclic amines) is 1. The highest BCUT2D eigenvalue weighted by atomic mass is 32.2. The number of aromatic nitrogens is 4. The van der Waals surface area contributed by atoms with Gasteiger partial charge in [0.1, 0.15) is 23.0 Å². The smallest absolute Gasteiger partial charge is 0.410 e. The fourth-order valence-electron chi connectivity index (χ4n) is 5.09. The second-order valence-corrected chi connectivity index (χ2v) is 12.9. The summed E-state index contributed by atoms with van der Waals surface area (Å²) in [5.41, 5.74) is 0.493. The molecule has 0 saturated carbocycles. The topological polar surface area (TPSA) is 120 Å². The molecule has 1 amide bonds. The Kier molecular flexibility index (Phi) is 6.26. The van der Waals surface area contributed by atoms with Crippen LogP contribution in [-0.4, -0.2) is 61.7 Å². The highest BCUT2D eigenvalue weighted by molar-refractivity contribution is 7.90. The number of imidazole rings is 1. The van der Waals surface area contributed by atoms with Crippen LogP contribution in [0.2, 0.25) is 0 Å². The fourth-order valence-corrected chi connectivity index (χ4v) is 6.41. The Morgan fingerprint density at radius 3 is 2.39 bits per heavy atom. The molecule has 1 aromatic carbocycles. The molecule has 1 fully saturated rings. The monoisotopic (exact) mass is 539 g/mol. The van der Waals surface area contributed by atoms with Crippen LogP contribution in [0.25, 0.3) is 22.1 Å². The van der Waals surface area contributed by atoms with Gasteiger partial charge in [-0.05, 0) is 65.7 Å². The van der Waals surface area contributed by atoms with E-state index in [1.54, 1.807) is 54.4 Å². The van der Waals surface area contributed by atoms with Gasteiger partial charge in [0, 0.05) is 30.2 Å². The van der Waals surface area contributed by atoms with Crippen molar-refractivity contribution in [1.82, 2.24) is 23.4 Å². The number of nitrogens with zero attached hydrogens (tertiary/aromatic N) is 5. The van der Waals surface area contributed by atoms with E-state index in [1.807, 2.05) is 25.3 Å². The molecular formula is C27H33N5O5S. The number of aliphatic hydroxyl groups excluding tert-OH is 1. The standard InChI is InChI=1S/C27H33N5O5S/c1-18(33)23-29-21-17-28-24-20(11-14-31(24)38(35,36)19-9-7-6-8-10-19)22(21)32(23)27(5)12-15-30(16-13-27)25(34)37-26(2,3)4/h6-11,14,17-18,33H,12-13,15-16H2,1-5H3/t18-/m1/s1.